The molecule has 0 unspecified atom stereocenters. The van der Waals surface area contributed by atoms with E-state index in [0.717, 1.165) is 36.3 Å². The highest BCUT2D eigenvalue weighted by atomic mass is 19.1. The molecule has 2 aromatic carbocycles. The van der Waals surface area contributed by atoms with Crippen molar-refractivity contribution in [3.8, 4) is 17.2 Å². The van der Waals surface area contributed by atoms with Gasteiger partial charge in [0.25, 0.3) is 11.8 Å². The molecule has 0 bridgehead atoms. The summed E-state index contributed by atoms with van der Waals surface area (Å²) >= 11 is 0. The number of hydrazone groups is 1. The number of aromatic nitrogens is 1. The van der Waals surface area contributed by atoms with E-state index in [9.17, 15) is 14.0 Å². The fourth-order valence-corrected chi connectivity index (χ4v) is 5.22. The van der Waals surface area contributed by atoms with E-state index in [1.54, 1.807) is 36.4 Å². The Morgan fingerprint density at radius 3 is 2.41 bits per heavy atom. The first-order valence-corrected chi connectivity index (χ1v) is 13.1. The summed E-state index contributed by atoms with van der Waals surface area (Å²) in [6.07, 6.45) is 4.64. The van der Waals surface area contributed by atoms with E-state index in [-0.39, 0.29) is 36.3 Å². The van der Waals surface area contributed by atoms with Crippen LogP contribution in [0.5, 0.6) is 11.5 Å². The van der Waals surface area contributed by atoms with Crippen LogP contribution in [-0.4, -0.2) is 53.3 Å². The van der Waals surface area contributed by atoms with Crippen LogP contribution in [0.4, 0.5) is 4.39 Å². The van der Waals surface area contributed by atoms with Crippen molar-refractivity contribution in [3.05, 3.63) is 76.9 Å². The van der Waals surface area contributed by atoms with Crippen LogP contribution in [0.1, 0.15) is 60.4 Å². The van der Waals surface area contributed by atoms with Gasteiger partial charge in [-0.3, -0.25) is 9.59 Å². The van der Waals surface area contributed by atoms with Gasteiger partial charge in [0.1, 0.15) is 5.82 Å². The summed E-state index contributed by atoms with van der Waals surface area (Å²) < 4.78 is 26.5. The van der Waals surface area contributed by atoms with E-state index in [1.807, 2.05) is 23.3 Å². The lowest BCUT2D eigenvalue weighted by molar-refractivity contribution is -0.139. The fourth-order valence-electron chi connectivity index (χ4n) is 5.22. The number of ether oxygens (including phenoxy) is 2. The first kappa shape index (κ1) is 27.9. The second kappa shape index (κ2) is 12.1. The van der Waals surface area contributed by atoms with Crippen LogP contribution in [0.2, 0.25) is 0 Å². The number of nitrogens with one attached hydrogen (secondary N) is 1. The molecule has 1 aliphatic rings. The number of methoxy groups -OCH3 is 1. The zero-order chi connectivity index (χ0) is 28.1. The molecular weight excluding hydrogens is 499 g/mol. The van der Waals surface area contributed by atoms with Crippen molar-refractivity contribution >= 4 is 18.0 Å². The van der Waals surface area contributed by atoms with Crippen LogP contribution >= 0.6 is 0 Å². The third kappa shape index (κ3) is 6.30. The lowest BCUT2D eigenvalue weighted by atomic mass is 9.97. The number of nitrogens with zero attached hydrogens (tertiary/aromatic N) is 3. The molecule has 2 atom stereocenters. The van der Waals surface area contributed by atoms with Gasteiger partial charge < -0.3 is 18.9 Å². The maximum absolute atomic E-state index is 13.3. The van der Waals surface area contributed by atoms with Crippen LogP contribution in [-0.2, 0) is 4.79 Å². The van der Waals surface area contributed by atoms with Gasteiger partial charge in [-0.15, -0.1) is 0 Å². The van der Waals surface area contributed by atoms with Crippen molar-refractivity contribution in [1.82, 2.24) is 14.9 Å². The molecule has 0 spiro atoms. The standard InChI is InChI=1S/C30H35FN4O4/c1-19-7-6-8-20(2)34(19)29(36)18-39-27-14-9-23(16-28(27)38-5)17-32-33-30(37)26-15-21(3)35(22(26)4)25-12-10-24(31)11-13-25/h9-17,19-20H,6-8,18H2,1-5H3,(H,33,37)/b32-17-/t19-,20-/m0/s1. The second-order valence-electron chi connectivity index (χ2n) is 9.92. The molecule has 0 aliphatic carbocycles. The number of aryl methyl sites for hydroxylation is 1. The first-order chi connectivity index (χ1) is 18.7. The molecule has 1 N–H and O–H groups in total. The Balaban J connectivity index is 1.39. The molecule has 1 saturated heterocycles. The Morgan fingerprint density at radius 1 is 1.05 bits per heavy atom. The number of hydrogen-bond donors (Lipinski definition) is 1. The van der Waals surface area contributed by atoms with Crippen molar-refractivity contribution in [2.45, 2.75) is 59.0 Å². The molecule has 2 amide bonds. The largest absolute Gasteiger partial charge is 0.493 e. The molecular formula is C30H35FN4O4. The van der Waals surface area contributed by atoms with Gasteiger partial charge in [0.2, 0.25) is 0 Å². The Bertz CT molecular complexity index is 1360. The van der Waals surface area contributed by atoms with Gasteiger partial charge in [-0.2, -0.15) is 5.10 Å². The molecule has 3 aromatic rings. The average molecular weight is 535 g/mol. The van der Waals surface area contributed by atoms with E-state index >= 15 is 0 Å². The molecule has 39 heavy (non-hydrogen) atoms. The molecule has 0 radical (unpaired) electrons. The Hall–Kier alpha value is -4.14. The normalized spacial score (nSPS) is 17.3. The van der Waals surface area contributed by atoms with E-state index < -0.39 is 0 Å². The summed E-state index contributed by atoms with van der Waals surface area (Å²) in [5.74, 6) is 0.196. The van der Waals surface area contributed by atoms with Gasteiger partial charge in [0.05, 0.1) is 18.9 Å². The minimum absolute atomic E-state index is 0.0381. The molecule has 8 nitrogen and oxygen atoms in total. The lowest BCUT2D eigenvalue weighted by Gasteiger charge is -2.39. The average Bonchev–Trinajstić information content (AvgIpc) is 3.21. The van der Waals surface area contributed by atoms with Crippen LogP contribution < -0.4 is 14.9 Å². The monoisotopic (exact) mass is 534 g/mol. The van der Waals surface area contributed by atoms with Crippen LogP contribution in [0, 0.1) is 19.7 Å². The van der Waals surface area contributed by atoms with Crippen molar-refractivity contribution < 1.29 is 23.5 Å². The molecule has 1 aliphatic heterocycles. The zero-order valence-corrected chi connectivity index (χ0v) is 23.0. The summed E-state index contributed by atoms with van der Waals surface area (Å²) in [4.78, 5) is 27.5. The molecule has 0 saturated carbocycles. The third-order valence-electron chi connectivity index (χ3n) is 7.16. The van der Waals surface area contributed by atoms with Crippen LogP contribution in [0.25, 0.3) is 5.69 Å². The molecule has 4 rings (SSSR count). The van der Waals surface area contributed by atoms with Crippen molar-refractivity contribution in [2.24, 2.45) is 5.10 Å². The topological polar surface area (TPSA) is 85.2 Å². The van der Waals surface area contributed by atoms with E-state index in [2.05, 4.69) is 24.4 Å². The molecule has 206 valence electrons. The van der Waals surface area contributed by atoms with Crippen molar-refractivity contribution in [3.63, 3.8) is 0 Å². The number of piperidine rings is 1. The van der Waals surface area contributed by atoms with E-state index in [0.29, 0.717) is 22.6 Å². The highest BCUT2D eigenvalue weighted by Gasteiger charge is 2.29. The van der Waals surface area contributed by atoms with Gasteiger partial charge in [0, 0.05) is 29.2 Å². The van der Waals surface area contributed by atoms with Crippen LogP contribution in [0.15, 0.2) is 53.6 Å². The minimum Gasteiger partial charge on any atom is -0.493 e. The Labute approximate surface area is 228 Å². The third-order valence-corrected chi connectivity index (χ3v) is 7.16. The number of likely N-dealkylation sites (tertiary alicyclic amines) is 1. The summed E-state index contributed by atoms with van der Waals surface area (Å²) in [6, 6.07) is 13.5. The molecule has 1 aromatic heterocycles. The van der Waals surface area contributed by atoms with Crippen LogP contribution in [0.3, 0.4) is 0 Å². The number of benzene rings is 2. The maximum Gasteiger partial charge on any atom is 0.273 e. The smallest absolute Gasteiger partial charge is 0.273 e. The van der Waals surface area contributed by atoms with Gasteiger partial charge in [-0.25, -0.2) is 9.82 Å². The SMILES string of the molecule is COc1cc(/C=N\NC(=O)c2cc(C)n(-c3ccc(F)cc3)c2C)ccc1OCC(=O)N1[C@@H](C)CCC[C@@H]1C. The van der Waals surface area contributed by atoms with Gasteiger partial charge in [-0.05, 0) is 101 Å². The number of amides is 2. The number of halogens is 1. The van der Waals surface area contributed by atoms with E-state index in [4.69, 9.17) is 9.47 Å². The van der Waals surface area contributed by atoms with Gasteiger partial charge in [-0.1, -0.05) is 0 Å². The van der Waals surface area contributed by atoms with Crippen molar-refractivity contribution in [1.29, 1.82) is 0 Å². The molecule has 1 fully saturated rings. The molecule has 9 heteroatoms. The summed E-state index contributed by atoms with van der Waals surface area (Å²) in [5.41, 5.74) is 6.04. The second-order valence-corrected chi connectivity index (χ2v) is 9.92. The highest BCUT2D eigenvalue weighted by Crippen LogP contribution is 2.29. The van der Waals surface area contributed by atoms with E-state index in [1.165, 1.54) is 25.5 Å². The quantitative estimate of drug-likeness (QED) is 0.319. The summed E-state index contributed by atoms with van der Waals surface area (Å²) in [7, 11) is 1.53. The first-order valence-electron chi connectivity index (χ1n) is 13.1. The summed E-state index contributed by atoms with van der Waals surface area (Å²) in [5, 5.41) is 4.10. The predicted molar refractivity (Wildman–Crippen MR) is 148 cm³/mol. The van der Waals surface area contributed by atoms with Gasteiger partial charge in [0.15, 0.2) is 18.1 Å². The van der Waals surface area contributed by atoms with Gasteiger partial charge >= 0.3 is 0 Å². The zero-order valence-electron chi connectivity index (χ0n) is 23.0. The summed E-state index contributed by atoms with van der Waals surface area (Å²) in [6.45, 7) is 7.80. The number of rotatable bonds is 8. The molecule has 2 heterocycles. The lowest BCUT2D eigenvalue weighted by Crippen LogP contribution is -2.49. The number of hydrogen-bond acceptors (Lipinski definition) is 5. The number of carbonyl (C=O) groups is 2. The Kier molecular flexibility index (Phi) is 8.69. The minimum atomic E-state index is -0.362. The highest BCUT2D eigenvalue weighted by molar-refractivity contribution is 5.96. The fraction of sp³-hybridized carbons (Fsp3) is 0.367. The Morgan fingerprint density at radius 2 is 1.74 bits per heavy atom. The number of carbonyl (C=O) groups excluding carboxylic acids is 2. The predicted octanol–water partition coefficient (Wildman–Crippen LogP) is 5.17. The maximum atomic E-state index is 13.3. The van der Waals surface area contributed by atoms with Crippen molar-refractivity contribution in [2.75, 3.05) is 13.7 Å².